The highest BCUT2D eigenvalue weighted by molar-refractivity contribution is 6.30. The summed E-state index contributed by atoms with van der Waals surface area (Å²) in [5.41, 5.74) is 0.762. The summed E-state index contributed by atoms with van der Waals surface area (Å²) in [6.07, 6.45) is -0.130. The van der Waals surface area contributed by atoms with Gasteiger partial charge in [-0.15, -0.1) is 0 Å². The molecule has 1 N–H and O–H groups in total. The molecule has 1 atom stereocenters. The molecule has 0 radical (unpaired) electrons. The number of rotatable bonds is 8. The van der Waals surface area contributed by atoms with Crippen LogP contribution in [-0.4, -0.2) is 29.3 Å². The number of methoxy groups -OCH3 is 1. The molecule has 0 fully saturated rings. The molecule has 0 aliphatic carbocycles. The first kappa shape index (κ1) is 19.7. The molecule has 0 spiro atoms. The predicted molar refractivity (Wildman–Crippen MR) is 104 cm³/mol. The normalized spacial score (nSPS) is 11.7. The zero-order valence-corrected chi connectivity index (χ0v) is 16.3. The van der Waals surface area contributed by atoms with Gasteiger partial charge in [-0.3, -0.25) is 4.79 Å². The van der Waals surface area contributed by atoms with Crippen molar-refractivity contribution in [1.82, 2.24) is 15.5 Å². The van der Waals surface area contributed by atoms with Gasteiger partial charge < -0.3 is 19.3 Å². The molecule has 1 aromatic heterocycles. The molecule has 3 rings (SSSR count). The second-order valence-electron chi connectivity index (χ2n) is 5.93. The predicted octanol–water partition coefficient (Wildman–Crippen LogP) is 3.87. The van der Waals surface area contributed by atoms with Crippen molar-refractivity contribution < 1.29 is 18.8 Å². The molecule has 146 valence electrons. The number of carbonyl (C=O) groups excluding carboxylic acids is 1. The van der Waals surface area contributed by atoms with E-state index >= 15 is 0 Å². The van der Waals surface area contributed by atoms with Crippen LogP contribution in [0.4, 0.5) is 0 Å². The molecular weight excluding hydrogens is 382 g/mol. The number of nitrogens with zero attached hydrogens (tertiary/aromatic N) is 2. The van der Waals surface area contributed by atoms with E-state index in [0.29, 0.717) is 34.7 Å². The number of carbonyl (C=O) groups is 1. The van der Waals surface area contributed by atoms with E-state index in [4.69, 9.17) is 25.6 Å². The zero-order chi connectivity index (χ0) is 19.9. The van der Waals surface area contributed by atoms with Gasteiger partial charge in [0.2, 0.25) is 11.7 Å². The second-order valence-corrected chi connectivity index (χ2v) is 6.37. The average Bonchev–Trinajstić information content (AvgIpc) is 3.21. The van der Waals surface area contributed by atoms with Gasteiger partial charge in [-0.25, -0.2) is 0 Å². The molecular formula is C20H20ClN3O4. The SMILES string of the molecule is CC[C@@H](Oc1ccc(Cl)cc1)C(=O)NCc1nc(-c2cccc(OC)c2)no1. The lowest BCUT2D eigenvalue weighted by Gasteiger charge is -2.16. The van der Waals surface area contributed by atoms with Crippen molar-refractivity contribution in [2.45, 2.75) is 26.0 Å². The van der Waals surface area contributed by atoms with E-state index < -0.39 is 6.10 Å². The minimum atomic E-state index is -0.637. The lowest BCUT2D eigenvalue weighted by Crippen LogP contribution is -2.37. The van der Waals surface area contributed by atoms with Crippen molar-refractivity contribution in [3.05, 3.63) is 59.4 Å². The van der Waals surface area contributed by atoms with Crippen LogP contribution in [0.5, 0.6) is 11.5 Å². The first-order chi connectivity index (χ1) is 13.6. The highest BCUT2D eigenvalue weighted by atomic mass is 35.5. The van der Waals surface area contributed by atoms with Crippen LogP contribution in [0.1, 0.15) is 19.2 Å². The van der Waals surface area contributed by atoms with Gasteiger partial charge in [-0.05, 0) is 42.8 Å². The molecule has 1 heterocycles. The Balaban J connectivity index is 1.59. The largest absolute Gasteiger partial charge is 0.497 e. The van der Waals surface area contributed by atoms with Crippen LogP contribution < -0.4 is 14.8 Å². The number of benzene rings is 2. The molecule has 28 heavy (non-hydrogen) atoms. The monoisotopic (exact) mass is 401 g/mol. The number of halogens is 1. The van der Waals surface area contributed by atoms with E-state index in [2.05, 4.69) is 15.5 Å². The van der Waals surface area contributed by atoms with Crippen LogP contribution in [0.2, 0.25) is 5.02 Å². The summed E-state index contributed by atoms with van der Waals surface area (Å²) in [6, 6.07) is 14.2. The van der Waals surface area contributed by atoms with Crippen molar-refractivity contribution in [2.24, 2.45) is 0 Å². The topological polar surface area (TPSA) is 86.5 Å². The third-order valence-electron chi connectivity index (χ3n) is 3.97. The Bertz CT molecular complexity index is 927. The molecule has 0 aliphatic heterocycles. The Morgan fingerprint density at radius 3 is 2.71 bits per heavy atom. The van der Waals surface area contributed by atoms with Crippen molar-refractivity contribution in [3.63, 3.8) is 0 Å². The third kappa shape index (κ3) is 5.01. The molecule has 0 bridgehead atoms. The van der Waals surface area contributed by atoms with Crippen molar-refractivity contribution in [3.8, 4) is 22.9 Å². The summed E-state index contributed by atoms with van der Waals surface area (Å²) in [5, 5.41) is 7.31. The highest BCUT2D eigenvalue weighted by Crippen LogP contribution is 2.21. The van der Waals surface area contributed by atoms with Crippen LogP contribution in [0, 0.1) is 0 Å². The molecule has 0 saturated heterocycles. The fraction of sp³-hybridized carbons (Fsp3) is 0.250. The van der Waals surface area contributed by atoms with E-state index in [9.17, 15) is 4.79 Å². The maximum absolute atomic E-state index is 12.4. The van der Waals surface area contributed by atoms with Gasteiger partial charge in [-0.2, -0.15) is 4.98 Å². The summed E-state index contributed by atoms with van der Waals surface area (Å²) in [7, 11) is 1.59. The highest BCUT2D eigenvalue weighted by Gasteiger charge is 2.19. The minimum absolute atomic E-state index is 0.107. The average molecular weight is 402 g/mol. The van der Waals surface area contributed by atoms with Crippen molar-refractivity contribution in [1.29, 1.82) is 0 Å². The second kappa shape index (κ2) is 9.23. The maximum atomic E-state index is 12.4. The van der Waals surface area contributed by atoms with E-state index in [-0.39, 0.29) is 12.5 Å². The van der Waals surface area contributed by atoms with Gasteiger partial charge in [0, 0.05) is 10.6 Å². The lowest BCUT2D eigenvalue weighted by molar-refractivity contribution is -0.128. The number of aromatic nitrogens is 2. The Hall–Kier alpha value is -3.06. The molecule has 8 heteroatoms. The van der Waals surface area contributed by atoms with Crippen LogP contribution in [0.25, 0.3) is 11.4 Å². The van der Waals surface area contributed by atoms with Crippen LogP contribution in [0.15, 0.2) is 53.1 Å². The smallest absolute Gasteiger partial charge is 0.261 e. The van der Waals surface area contributed by atoms with Gasteiger partial charge in [0.25, 0.3) is 5.91 Å². The number of hydrogen-bond donors (Lipinski definition) is 1. The summed E-state index contributed by atoms with van der Waals surface area (Å²) in [4.78, 5) is 16.7. The Kier molecular flexibility index (Phi) is 6.49. The zero-order valence-electron chi connectivity index (χ0n) is 15.5. The molecule has 3 aromatic rings. The molecule has 1 amide bonds. The van der Waals surface area contributed by atoms with Gasteiger partial charge >= 0.3 is 0 Å². The molecule has 7 nitrogen and oxygen atoms in total. The van der Waals surface area contributed by atoms with Gasteiger partial charge in [-0.1, -0.05) is 35.8 Å². The number of amides is 1. The van der Waals surface area contributed by atoms with Gasteiger partial charge in [0.1, 0.15) is 11.5 Å². The first-order valence-electron chi connectivity index (χ1n) is 8.76. The Morgan fingerprint density at radius 1 is 1.21 bits per heavy atom. The Labute approximate surface area is 167 Å². The quantitative estimate of drug-likeness (QED) is 0.616. The fourth-order valence-corrected chi connectivity index (χ4v) is 2.61. The third-order valence-corrected chi connectivity index (χ3v) is 4.22. The van der Waals surface area contributed by atoms with E-state index in [1.165, 1.54) is 0 Å². The fourth-order valence-electron chi connectivity index (χ4n) is 2.48. The van der Waals surface area contributed by atoms with Crippen LogP contribution in [0.3, 0.4) is 0 Å². The van der Waals surface area contributed by atoms with Crippen molar-refractivity contribution in [2.75, 3.05) is 7.11 Å². The van der Waals surface area contributed by atoms with Crippen LogP contribution >= 0.6 is 11.6 Å². The standard InChI is InChI=1S/C20H20ClN3O4/c1-3-17(27-15-9-7-14(21)8-10-15)20(25)22-12-18-23-19(24-28-18)13-5-4-6-16(11-13)26-2/h4-11,17H,3,12H2,1-2H3,(H,22,25)/t17-/m1/s1. The first-order valence-corrected chi connectivity index (χ1v) is 9.13. The summed E-state index contributed by atoms with van der Waals surface area (Å²) >= 11 is 5.86. The number of hydrogen-bond acceptors (Lipinski definition) is 6. The van der Waals surface area contributed by atoms with E-state index in [1.54, 1.807) is 37.4 Å². The van der Waals surface area contributed by atoms with Gasteiger partial charge in [0.05, 0.1) is 13.7 Å². The lowest BCUT2D eigenvalue weighted by atomic mass is 10.2. The summed E-state index contributed by atoms with van der Waals surface area (Å²) in [5.74, 6) is 1.73. The molecule has 2 aromatic carbocycles. The maximum Gasteiger partial charge on any atom is 0.261 e. The van der Waals surface area contributed by atoms with Gasteiger partial charge in [0.15, 0.2) is 6.10 Å². The molecule has 0 saturated carbocycles. The Morgan fingerprint density at radius 2 is 2.00 bits per heavy atom. The van der Waals surface area contributed by atoms with E-state index in [0.717, 1.165) is 5.56 Å². The van der Waals surface area contributed by atoms with Crippen molar-refractivity contribution >= 4 is 17.5 Å². The summed E-state index contributed by atoms with van der Waals surface area (Å²) in [6.45, 7) is 1.98. The molecule has 0 aliphatic rings. The van der Waals surface area contributed by atoms with Crippen LogP contribution in [-0.2, 0) is 11.3 Å². The molecule has 0 unspecified atom stereocenters. The number of ether oxygens (including phenoxy) is 2. The number of nitrogens with one attached hydrogen (secondary N) is 1. The minimum Gasteiger partial charge on any atom is -0.497 e. The van der Waals surface area contributed by atoms with E-state index in [1.807, 2.05) is 25.1 Å². The summed E-state index contributed by atoms with van der Waals surface area (Å²) < 4.78 is 16.1.